The van der Waals surface area contributed by atoms with Gasteiger partial charge in [-0.25, -0.2) is 23.9 Å². The van der Waals surface area contributed by atoms with E-state index in [1.165, 1.54) is 17.4 Å². The Morgan fingerprint density at radius 3 is 2.66 bits per heavy atom. The summed E-state index contributed by atoms with van der Waals surface area (Å²) in [5.41, 5.74) is 1.98. The van der Waals surface area contributed by atoms with Crippen LogP contribution in [0, 0.1) is 18.7 Å². The number of aromatic carboxylic acids is 1. The molecular weight excluding hydrogens is 511 g/mol. The number of ether oxygens (including phenoxy) is 1. The zero-order chi connectivity index (χ0) is 26.8. The maximum Gasteiger partial charge on any atom is 0.357 e. The van der Waals surface area contributed by atoms with Crippen molar-refractivity contribution in [1.29, 1.82) is 0 Å². The molecule has 9 nitrogen and oxygen atoms in total. The Morgan fingerprint density at radius 1 is 1.24 bits per heavy atom. The number of rotatable bonds is 7. The fraction of sp³-hybridized carbons (Fsp3) is 0.370. The number of hydrogen-bond acceptors (Lipinski definition) is 9. The van der Waals surface area contributed by atoms with E-state index >= 15 is 0 Å². The second-order valence-corrected chi connectivity index (χ2v) is 10.2. The molecule has 0 radical (unpaired) electrons. The molecule has 2 aliphatic rings. The largest absolute Gasteiger partial charge is 0.476 e. The zero-order valence-corrected chi connectivity index (χ0v) is 21.8. The second kappa shape index (κ2) is 10.9. The number of carboxylic acids is 1. The van der Waals surface area contributed by atoms with Crippen molar-refractivity contribution in [2.45, 2.75) is 51.5 Å². The van der Waals surface area contributed by atoms with E-state index in [0.29, 0.717) is 64.8 Å². The normalized spacial score (nSPS) is 21.6. The van der Waals surface area contributed by atoms with Gasteiger partial charge in [-0.3, -0.25) is 4.99 Å². The first-order valence-corrected chi connectivity index (χ1v) is 13.3. The molecule has 1 unspecified atom stereocenters. The van der Waals surface area contributed by atoms with Crippen LogP contribution in [0.5, 0.6) is 0 Å². The number of halogens is 1. The zero-order valence-electron chi connectivity index (χ0n) is 20.9. The Morgan fingerprint density at radius 2 is 2.00 bits per heavy atom. The predicted molar refractivity (Wildman–Crippen MR) is 137 cm³/mol. The Kier molecular flexibility index (Phi) is 7.37. The van der Waals surface area contributed by atoms with Gasteiger partial charge in [0.25, 0.3) is 0 Å². The van der Waals surface area contributed by atoms with Gasteiger partial charge in [0.15, 0.2) is 22.4 Å². The van der Waals surface area contributed by atoms with Gasteiger partial charge in [-0.2, -0.15) is 0 Å². The van der Waals surface area contributed by atoms with Gasteiger partial charge in [0, 0.05) is 23.2 Å². The highest BCUT2D eigenvalue weighted by Crippen LogP contribution is 2.43. The van der Waals surface area contributed by atoms with Gasteiger partial charge >= 0.3 is 11.9 Å². The fourth-order valence-electron chi connectivity index (χ4n) is 5.12. The minimum Gasteiger partial charge on any atom is -0.476 e. The molecule has 198 valence electrons. The van der Waals surface area contributed by atoms with Crippen LogP contribution in [-0.2, 0) is 9.53 Å². The van der Waals surface area contributed by atoms with Gasteiger partial charge in [-0.1, -0.05) is 12.1 Å². The van der Waals surface area contributed by atoms with Gasteiger partial charge in [-0.05, 0) is 62.6 Å². The lowest BCUT2D eigenvalue weighted by atomic mass is 9.77. The van der Waals surface area contributed by atoms with Crippen LogP contribution >= 0.6 is 11.3 Å². The van der Waals surface area contributed by atoms with Crippen molar-refractivity contribution in [3.8, 4) is 0 Å². The predicted octanol–water partition coefficient (Wildman–Crippen LogP) is 5.16. The van der Waals surface area contributed by atoms with E-state index in [4.69, 9.17) is 14.1 Å². The van der Waals surface area contributed by atoms with Crippen LogP contribution in [0.3, 0.4) is 0 Å². The summed E-state index contributed by atoms with van der Waals surface area (Å²) in [6.45, 7) is 3.62. The third-order valence-electron chi connectivity index (χ3n) is 7.04. The number of nitrogens with one attached hydrogen (secondary N) is 1. The molecule has 11 heteroatoms. The molecule has 1 aromatic carbocycles. The number of aromatic nitrogens is 2. The summed E-state index contributed by atoms with van der Waals surface area (Å²) < 4.78 is 25.6. The van der Waals surface area contributed by atoms with Crippen molar-refractivity contribution in [1.82, 2.24) is 15.3 Å². The molecule has 1 aliphatic carbocycles. The van der Waals surface area contributed by atoms with Crippen LogP contribution < -0.4 is 5.32 Å². The molecule has 1 fully saturated rings. The molecular formula is C27H27FN4O5S. The van der Waals surface area contributed by atoms with Crippen molar-refractivity contribution >= 4 is 29.1 Å². The SMILES string of the molecule is CCOC(=O)C1=C(C2CCC(c3nc(C(=O)O)co3)CC2)NC(c2nccs2)=NC1c1cccc(F)c1C. The quantitative estimate of drug-likeness (QED) is 0.395. The Hall–Kier alpha value is -3.86. The Balaban J connectivity index is 1.53. The number of carbonyl (C=O) groups is 2. The van der Waals surface area contributed by atoms with Crippen LogP contribution in [0.4, 0.5) is 4.39 Å². The lowest BCUT2D eigenvalue weighted by Gasteiger charge is -2.34. The highest BCUT2D eigenvalue weighted by atomic mass is 32.1. The second-order valence-electron chi connectivity index (χ2n) is 9.27. The third-order valence-corrected chi connectivity index (χ3v) is 7.81. The van der Waals surface area contributed by atoms with E-state index in [-0.39, 0.29) is 30.0 Å². The minimum atomic E-state index is -1.13. The average molecular weight is 539 g/mol. The summed E-state index contributed by atoms with van der Waals surface area (Å²) in [4.78, 5) is 38.0. The number of nitrogens with zero attached hydrogens (tertiary/aromatic N) is 3. The summed E-state index contributed by atoms with van der Waals surface area (Å²) in [6, 6.07) is 4.03. The molecule has 1 saturated carbocycles. The highest BCUT2D eigenvalue weighted by molar-refractivity contribution is 7.11. The Bertz CT molecular complexity index is 1410. The van der Waals surface area contributed by atoms with Gasteiger partial charge in [0.05, 0.1) is 12.2 Å². The minimum absolute atomic E-state index is 0.0251. The van der Waals surface area contributed by atoms with Crippen LogP contribution in [-0.4, -0.2) is 39.5 Å². The summed E-state index contributed by atoms with van der Waals surface area (Å²) >= 11 is 1.42. The van der Waals surface area contributed by atoms with Crippen molar-refractivity contribution < 1.29 is 28.2 Å². The topological polar surface area (TPSA) is 127 Å². The fourth-order valence-corrected chi connectivity index (χ4v) is 5.71. The lowest BCUT2D eigenvalue weighted by Crippen LogP contribution is -2.38. The van der Waals surface area contributed by atoms with Crippen LogP contribution in [0.25, 0.3) is 0 Å². The molecule has 1 atom stereocenters. The number of amidine groups is 1. The van der Waals surface area contributed by atoms with Crippen molar-refractivity contribution in [3.63, 3.8) is 0 Å². The first-order chi connectivity index (χ1) is 18.4. The number of carbonyl (C=O) groups excluding carboxylic acids is 1. The van der Waals surface area contributed by atoms with E-state index in [2.05, 4.69) is 15.3 Å². The molecule has 2 N–H and O–H groups in total. The van der Waals surface area contributed by atoms with Crippen LogP contribution in [0.1, 0.15) is 77.1 Å². The first-order valence-electron chi connectivity index (χ1n) is 12.5. The molecule has 1 aliphatic heterocycles. The van der Waals surface area contributed by atoms with Gasteiger partial charge < -0.3 is 19.6 Å². The molecule has 3 aromatic rings. The molecule has 2 aromatic heterocycles. The van der Waals surface area contributed by atoms with Gasteiger partial charge in [0.1, 0.15) is 18.1 Å². The number of esters is 1. The van der Waals surface area contributed by atoms with Gasteiger partial charge in [-0.15, -0.1) is 11.3 Å². The van der Waals surface area contributed by atoms with E-state index < -0.39 is 18.0 Å². The number of benzene rings is 1. The van der Waals surface area contributed by atoms with Crippen molar-refractivity contribution in [2.75, 3.05) is 6.61 Å². The number of carboxylic acid groups (broad SMARTS) is 1. The van der Waals surface area contributed by atoms with Crippen molar-refractivity contribution in [3.05, 3.63) is 80.8 Å². The summed E-state index contributed by atoms with van der Waals surface area (Å²) in [5.74, 6) is -1.12. The number of thiazole rings is 1. The molecule has 5 rings (SSSR count). The third kappa shape index (κ3) is 4.98. The summed E-state index contributed by atoms with van der Waals surface area (Å²) in [5, 5.41) is 15.1. The van der Waals surface area contributed by atoms with Crippen molar-refractivity contribution in [2.24, 2.45) is 10.9 Å². The Labute approximate surface area is 222 Å². The maximum absolute atomic E-state index is 14.6. The van der Waals surface area contributed by atoms with Gasteiger partial charge in [0.2, 0.25) is 0 Å². The number of aliphatic imine (C=N–C) groups is 1. The molecule has 38 heavy (non-hydrogen) atoms. The van der Waals surface area contributed by atoms with Crippen LogP contribution in [0.15, 0.2) is 56.7 Å². The number of allylic oxidation sites excluding steroid dienone is 1. The van der Waals surface area contributed by atoms with E-state index in [1.807, 2.05) is 5.38 Å². The molecule has 0 bridgehead atoms. The monoisotopic (exact) mass is 538 g/mol. The van der Waals surface area contributed by atoms with E-state index in [9.17, 15) is 19.1 Å². The van der Waals surface area contributed by atoms with E-state index in [1.54, 1.807) is 32.2 Å². The first kappa shape index (κ1) is 25.8. The number of oxazole rings is 1. The molecule has 0 amide bonds. The summed E-state index contributed by atoms with van der Waals surface area (Å²) in [7, 11) is 0. The van der Waals surface area contributed by atoms with E-state index in [0.717, 1.165) is 6.26 Å². The average Bonchev–Trinajstić information content (AvgIpc) is 3.63. The maximum atomic E-state index is 14.6. The molecule has 0 saturated heterocycles. The summed E-state index contributed by atoms with van der Waals surface area (Å²) in [6.07, 6.45) is 5.62. The lowest BCUT2D eigenvalue weighted by molar-refractivity contribution is -0.139. The van der Waals surface area contributed by atoms with Crippen LogP contribution in [0.2, 0.25) is 0 Å². The standard InChI is InChI=1S/C27H27FN4O5S/c1-3-36-27(35)20-21(15-7-9-16(10-8-15)24-30-19(13-37-24)26(33)34)31-23(25-29-11-12-38-25)32-22(20)17-5-4-6-18(28)14(17)2/h4-6,11-13,15-16,22H,3,7-10H2,1-2H3,(H,31,32)(H,33,34). The molecule has 0 spiro atoms. The molecule has 3 heterocycles. The number of hydrogen-bond donors (Lipinski definition) is 2. The highest BCUT2D eigenvalue weighted by Gasteiger charge is 2.38. The smallest absolute Gasteiger partial charge is 0.357 e.